The molecule has 1 heterocycles. The molecule has 0 radical (unpaired) electrons. The number of anilines is 1. The van der Waals surface area contributed by atoms with Crippen LogP contribution in [0.1, 0.15) is 37.0 Å². The van der Waals surface area contributed by atoms with E-state index in [1.165, 1.54) is 6.07 Å². The molecule has 1 rings (SSSR count). The number of hydrogen-bond donors (Lipinski definition) is 2. The maximum Gasteiger partial charge on any atom is 0.255 e. The zero-order valence-electron chi connectivity index (χ0n) is 10.2. The van der Waals surface area contributed by atoms with Crippen molar-refractivity contribution in [1.29, 1.82) is 0 Å². The maximum absolute atomic E-state index is 13.1. The Morgan fingerprint density at radius 2 is 2.24 bits per heavy atom. The molecule has 0 spiro atoms. The second kappa shape index (κ2) is 6.83. The Hall–Kier alpha value is -1.65. The van der Waals surface area contributed by atoms with Crippen LogP contribution in [0.15, 0.2) is 12.3 Å². The lowest BCUT2D eigenvalue weighted by Gasteiger charge is -2.09. The number of nitrogens with one attached hydrogen (secondary N) is 2. The molecular formula is C12H18FN3O. The van der Waals surface area contributed by atoms with Gasteiger partial charge in [-0.15, -0.1) is 0 Å². The normalized spacial score (nSPS) is 10.1. The molecule has 0 saturated carbocycles. The highest BCUT2D eigenvalue weighted by molar-refractivity contribution is 5.98. The number of aromatic nitrogens is 1. The van der Waals surface area contributed by atoms with E-state index in [0.717, 1.165) is 19.0 Å². The van der Waals surface area contributed by atoms with E-state index in [-0.39, 0.29) is 11.5 Å². The van der Waals surface area contributed by atoms with Gasteiger partial charge >= 0.3 is 0 Å². The first-order valence-corrected chi connectivity index (χ1v) is 5.86. The lowest BCUT2D eigenvalue weighted by molar-refractivity contribution is 0.0953. The number of carbonyl (C=O) groups is 1. The molecule has 0 saturated heterocycles. The number of rotatable bonds is 6. The monoisotopic (exact) mass is 239 g/mol. The van der Waals surface area contributed by atoms with Gasteiger partial charge in [-0.25, -0.2) is 9.37 Å². The Labute approximate surface area is 101 Å². The summed E-state index contributed by atoms with van der Waals surface area (Å²) in [6.45, 7) is 5.16. The van der Waals surface area contributed by atoms with E-state index in [9.17, 15) is 9.18 Å². The third-order valence-corrected chi connectivity index (χ3v) is 2.26. The fourth-order valence-corrected chi connectivity index (χ4v) is 1.39. The predicted molar refractivity (Wildman–Crippen MR) is 65.6 cm³/mol. The molecule has 94 valence electrons. The van der Waals surface area contributed by atoms with Crippen LogP contribution in [0.4, 0.5) is 10.2 Å². The van der Waals surface area contributed by atoms with Crippen molar-refractivity contribution in [3.8, 4) is 0 Å². The number of amides is 1. The summed E-state index contributed by atoms with van der Waals surface area (Å²) in [5.74, 6) is -0.378. The lowest BCUT2D eigenvalue weighted by atomic mass is 10.2. The molecule has 0 unspecified atom stereocenters. The standard InChI is InChI=1S/C12H18FN3O/c1-3-5-6-15-12(17)10-7-9(13)8-16-11(10)14-4-2/h7-8H,3-6H2,1-2H3,(H,14,16)(H,15,17). The molecule has 1 aromatic heterocycles. The summed E-state index contributed by atoms with van der Waals surface area (Å²) in [4.78, 5) is 15.7. The van der Waals surface area contributed by atoms with Gasteiger partial charge in [0.1, 0.15) is 11.6 Å². The first-order chi connectivity index (χ1) is 8.19. The Balaban J connectivity index is 2.78. The van der Waals surface area contributed by atoms with Gasteiger partial charge in [0.2, 0.25) is 0 Å². The van der Waals surface area contributed by atoms with E-state index in [4.69, 9.17) is 0 Å². The van der Waals surface area contributed by atoms with Crippen LogP contribution in [0.5, 0.6) is 0 Å². The minimum absolute atomic E-state index is 0.253. The summed E-state index contributed by atoms with van der Waals surface area (Å²) in [6.07, 6.45) is 3.01. The molecule has 1 amide bonds. The van der Waals surface area contributed by atoms with Gasteiger partial charge in [-0.3, -0.25) is 4.79 Å². The predicted octanol–water partition coefficient (Wildman–Crippen LogP) is 2.18. The number of halogens is 1. The van der Waals surface area contributed by atoms with Crippen molar-refractivity contribution < 1.29 is 9.18 Å². The zero-order valence-corrected chi connectivity index (χ0v) is 10.2. The topological polar surface area (TPSA) is 54.0 Å². The van der Waals surface area contributed by atoms with Crippen LogP contribution in [-0.4, -0.2) is 24.0 Å². The van der Waals surface area contributed by atoms with Crippen molar-refractivity contribution >= 4 is 11.7 Å². The van der Waals surface area contributed by atoms with Crippen molar-refractivity contribution in [3.05, 3.63) is 23.6 Å². The van der Waals surface area contributed by atoms with Crippen molar-refractivity contribution in [1.82, 2.24) is 10.3 Å². The largest absolute Gasteiger partial charge is 0.370 e. The van der Waals surface area contributed by atoms with Gasteiger partial charge < -0.3 is 10.6 Å². The number of unbranched alkanes of at least 4 members (excludes halogenated alkanes) is 1. The van der Waals surface area contributed by atoms with Gasteiger partial charge in [0.05, 0.1) is 11.8 Å². The molecule has 2 N–H and O–H groups in total. The summed E-state index contributed by atoms with van der Waals surface area (Å²) in [5.41, 5.74) is 0.253. The van der Waals surface area contributed by atoms with Gasteiger partial charge in [0.25, 0.3) is 5.91 Å². The summed E-state index contributed by atoms with van der Waals surface area (Å²) in [6, 6.07) is 1.20. The van der Waals surface area contributed by atoms with Gasteiger partial charge in [0, 0.05) is 13.1 Å². The Morgan fingerprint density at radius 3 is 2.88 bits per heavy atom. The quantitative estimate of drug-likeness (QED) is 0.748. The van der Waals surface area contributed by atoms with Crippen molar-refractivity contribution in [3.63, 3.8) is 0 Å². The van der Waals surface area contributed by atoms with Gasteiger partial charge in [0.15, 0.2) is 0 Å². The highest BCUT2D eigenvalue weighted by Gasteiger charge is 2.12. The van der Waals surface area contributed by atoms with E-state index in [0.29, 0.717) is 18.9 Å². The summed E-state index contributed by atoms with van der Waals surface area (Å²) < 4.78 is 13.1. The highest BCUT2D eigenvalue weighted by atomic mass is 19.1. The van der Waals surface area contributed by atoms with Crippen molar-refractivity contribution in [2.45, 2.75) is 26.7 Å². The Morgan fingerprint density at radius 1 is 1.47 bits per heavy atom. The third-order valence-electron chi connectivity index (χ3n) is 2.26. The van der Waals surface area contributed by atoms with E-state index in [2.05, 4.69) is 15.6 Å². The number of pyridine rings is 1. The first-order valence-electron chi connectivity index (χ1n) is 5.86. The summed E-state index contributed by atoms with van der Waals surface area (Å²) in [7, 11) is 0. The van der Waals surface area contributed by atoms with Crippen LogP contribution in [0.2, 0.25) is 0 Å². The molecular weight excluding hydrogens is 221 g/mol. The van der Waals surface area contributed by atoms with Gasteiger partial charge in [-0.05, 0) is 19.4 Å². The van der Waals surface area contributed by atoms with E-state index >= 15 is 0 Å². The molecule has 17 heavy (non-hydrogen) atoms. The number of carbonyl (C=O) groups excluding carboxylic acids is 1. The second-order valence-electron chi connectivity index (χ2n) is 3.69. The SMILES string of the molecule is CCCCNC(=O)c1cc(F)cnc1NCC. The molecule has 0 bridgehead atoms. The molecule has 0 aliphatic heterocycles. The molecule has 0 fully saturated rings. The molecule has 0 atom stereocenters. The van der Waals surface area contributed by atoms with E-state index in [1.807, 2.05) is 13.8 Å². The Kier molecular flexibility index (Phi) is 5.39. The highest BCUT2D eigenvalue weighted by Crippen LogP contribution is 2.13. The fraction of sp³-hybridized carbons (Fsp3) is 0.500. The molecule has 5 heteroatoms. The number of nitrogens with zero attached hydrogens (tertiary/aromatic N) is 1. The number of hydrogen-bond acceptors (Lipinski definition) is 3. The van der Waals surface area contributed by atoms with Crippen LogP contribution < -0.4 is 10.6 Å². The van der Waals surface area contributed by atoms with E-state index < -0.39 is 5.82 Å². The minimum atomic E-state index is -0.507. The molecule has 0 aliphatic carbocycles. The molecule has 0 aromatic carbocycles. The van der Waals surface area contributed by atoms with E-state index in [1.54, 1.807) is 0 Å². The second-order valence-corrected chi connectivity index (χ2v) is 3.69. The smallest absolute Gasteiger partial charge is 0.255 e. The van der Waals surface area contributed by atoms with Gasteiger partial charge in [-0.2, -0.15) is 0 Å². The molecule has 4 nitrogen and oxygen atoms in total. The average Bonchev–Trinajstić information content (AvgIpc) is 2.32. The molecule has 0 aliphatic rings. The Bertz CT molecular complexity index is 382. The van der Waals surface area contributed by atoms with Gasteiger partial charge in [-0.1, -0.05) is 13.3 Å². The fourth-order valence-electron chi connectivity index (χ4n) is 1.39. The minimum Gasteiger partial charge on any atom is -0.370 e. The van der Waals surface area contributed by atoms with Crippen molar-refractivity contribution in [2.24, 2.45) is 0 Å². The van der Waals surface area contributed by atoms with Crippen LogP contribution in [0.25, 0.3) is 0 Å². The van der Waals surface area contributed by atoms with Crippen LogP contribution >= 0.6 is 0 Å². The average molecular weight is 239 g/mol. The van der Waals surface area contributed by atoms with Crippen LogP contribution in [0.3, 0.4) is 0 Å². The maximum atomic E-state index is 13.1. The van der Waals surface area contributed by atoms with Crippen LogP contribution in [-0.2, 0) is 0 Å². The lowest BCUT2D eigenvalue weighted by Crippen LogP contribution is -2.26. The van der Waals surface area contributed by atoms with Crippen LogP contribution in [0, 0.1) is 5.82 Å². The first kappa shape index (κ1) is 13.4. The molecule has 1 aromatic rings. The summed E-state index contributed by atoms with van der Waals surface area (Å²) >= 11 is 0. The third kappa shape index (κ3) is 4.01. The zero-order chi connectivity index (χ0) is 12.7. The van der Waals surface area contributed by atoms with Crippen molar-refractivity contribution in [2.75, 3.05) is 18.4 Å². The summed E-state index contributed by atoms with van der Waals surface area (Å²) in [5, 5.41) is 5.68.